The van der Waals surface area contributed by atoms with Crippen LogP contribution in [0.1, 0.15) is 18.4 Å². The highest BCUT2D eigenvalue weighted by Crippen LogP contribution is 2.12. The molecule has 2 N–H and O–H groups in total. The smallest absolute Gasteiger partial charge is 0.231 e. The van der Waals surface area contributed by atoms with Gasteiger partial charge in [0.15, 0.2) is 0 Å². The van der Waals surface area contributed by atoms with Crippen molar-refractivity contribution in [2.45, 2.75) is 19.8 Å². The number of nitrogens with one attached hydrogen (secondary N) is 2. The molecule has 0 atom stereocenters. The third-order valence-corrected chi connectivity index (χ3v) is 3.50. The minimum absolute atomic E-state index is 0.587. The third kappa shape index (κ3) is 4.82. The lowest BCUT2D eigenvalue weighted by atomic mass is 10.4. The SMILES string of the molecule is CCCNc1nc(NCCc2nccs2)nc(N(C)C)n1. The monoisotopic (exact) mass is 307 g/mol. The average Bonchev–Trinajstić information content (AvgIpc) is 2.98. The van der Waals surface area contributed by atoms with Gasteiger partial charge in [-0.2, -0.15) is 15.0 Å². The van der Waals surface area contributed by atoms with Crippen molar-refractivity contribution in [3.63, 3.8) is 0 Å². The highest BCUT2D eigenvalue weighted by Gasteiger charge is 2.07. The fourth-order valence-corrected chi connectivity index (χ4v) is 2.24. The van der Waals surface area contributed by atoms with E-state index in [4.69, 9.17) is 0 Å². The predicted octanol–water partition coefficient (Wildman–Crippen LogP) is 1.87. The molecule has 2 aromatic heterocycles. The van der Waals surface area contributed by atoms with E-state index < -0.39 is 0 Å². The molecule has 0 amide bonds. The summed E-state index contributed by atoms with van der Waals surface area (Å²) in [5, 5.41) is 9.51. The molecule has 0 spiro atoms. The maximum atomic E-state index is 4.40. The molecule has 0 aliphatic rings. The Labute approximate surface area is 128 Å². The molecule has 0 unspecified atom stereocenters. The topological polar surface area (TPSA) is 78.9 Å². The second-order valence-corrected chi connectivity index (χ2v) is 5.69. The zero-order valence-electron chi connectivity index (χ0n) is 12.6. The summed E-state index contributed by atoms with van der Waals surface area (Å²) in [4.78, 5) is 19.3. The molecule has 0 saturated heterocycles. The van der Waals surface area contributed by atoms with E-state index >= 15 is 0 Å². The Kier molecular flexibility index (Phi) is 5.68. The van der Waals surface area contributed by atoms with Crippen LogP contribution >= 0.6 is 11.3 Å². The lowest BCUT2D eigenvalue weighted by Crippen LogP contribution is -2.18. The molecule has 114 valence electrons. The Morgan fingerprint density at radius 2 is 1.81 bits per heavy atom. The second kappa shape index (κ2) is 7.72. The van der Waals surface area contributed by atoms with Crippen molar-refractivity contribution in [2.24, 2.45) is 0 Å². The van der Waals surface area contributed by atoms with Gasteiger partial charge >= 0.3 is 0 Å². The average molecular weight is 307 g/mol. The van der Waals surface area contributed by atoms with Crippen LogP contribution in [0, 0.1) is 0 Å². The van der Waals surface area contributed by atoms with Crippen LogP contribution in [0.4, 0.5) is 17.8 Å². The summed E-state index contributed by atoms with van der Waals surface area (Å²) in [5.41, 5.74) is 0. The summed E-state index contributed by atoms with van der Waals surface area (Å²) in [6.45, 7) is 3.70. The molecule has 0 aromatic carbocycles. The molecule has 21 heavy (non-hydrogen) atoms. The summed E-state index contributed by atoms with van der Waals surface area (Å²) >= 11 is 1.66. The summed E-state index contributed by atoms with van der Waals surface area (Å²) in [5.74, 6) is 1.83. The van der Waals surface area contributed by atoms with Crippen LogP contribution in [0.5, 0.6) is 0 Å². The van der Waals surface area contributed by atoms with Gasteiger partial charge < -0.3 is 15.5 Å². The molecule has 2 rings (SSSR count). The Balaban J connectivity index is 2.00. The predicted molar refractivity (Wildman–Crippen MR) is 87.2 cm³/mol. The largest absolute Gasteiger partial charge is 0.354 e. The van der Waals surface area contributed by atoms with Gasteiger partial charge in [-0.15, -0.1) is 11.3 Å². The zero-order valence-corrected chi connectivity index (χ0v) is 13.4. The second-order valence-electron chi connectivity index (χ2n) is 4.71. The first-order chi connectivity index (χ1) is 10.2. The number of hydrogen-bond acceptors (Lipinski definition) is 8. The molecule has 0 saturated carbocycles. The highest BCUT2D eigenvalue weighted by molar-refractivity contribution is 7.09. The maximum Gasteiger partial charge on any atom is 0.231 e. The molecule has 7 nitrogen and oxygen atoms in total. The van der Waals surface area contributed by atoms with Crippen molar-refractivity contribution in [3.8, 4) is 0 Å². The van der Waals surface area contributed by atoms with E-state index in [1.54, 1.807) is 11.3 Å². The highest BCUT2D eigenvalue weighted by atomic mass is 32.1. The molecule has 2 aromatic rings. The Morgan fingerprint density at radius 3 is 2.38 bits per heavy atom. The number of thiazole rings is 1. The van der Waals surface area contributed by atoms with Gasteiger partial charge in [-0.1, -0.05) is 6.92 Å². The molecule has 2 heterocycles. The first kappa shape index (κ1) is 15.4. The van der Waals surface area contributed by atoms with Gasteiger partial charge in [-0.05, 0) is 6.42 Å². The van der Waals surface area contributed by atoms with Gasteiger partial charge in [0.2, 0.25) is 17.8 Å². The van der Waals surface area contributed by atoms with Gasteiger partial charge in [0.1, 0.15) is 0 Å². The Hall–Kier alpha value is -1.96. The van der Waals surface area contributed by atoms with E-state index in [0.717, 1.165) is 30.9 Å². The minimum atomic E-state index is 0.587. The van der Waals surface area contributed by atoms with E-state index in [9.17, 15) is 0 Å². The van der Waals surface area contributed by atoms with Crippen LogP contribution in [0.15, 0.2) is 11.6 Å². The van der Waals surface area contributed by atoms with Crippen LogP contribution in [-0.4, -0.2) is 47.1 Å². The van der Waals surface area contributed by atoms with Crippen molar-refractivity contribution in [1.29, 1.82) is 0 Å². The molecular formula is C13H21N7S. The Morgan fingerprint density at radius 1 is 1.10 bits per heavy atom. The first-order valence-corrected chi connectivity index (χ1v) is 7.86. The number of nitrogens with zero attached hydrogens (tertiary/aromatic N) is 5. The van der Waals surface area contributed by atoms with Gasteiger partial charge in [-0.3, -0.25) is 0 Å². The van der Waals surface area contributed by atoms with E-state index in [0.29, 0.717) is 17.8 Å². The normalized spacial score (nSPS) is 10.4. The number of hydrogen-bond donors (Lipinski definition) is 2. The van der Waals surface area contributed by atoms with Crippen LogP contribution in [-0.2, 0) is 6.42 Å². The summed E-state index contributed by atoms with van der Waals surface area (Å²) in [7, 11) is 3.83. The molecule has 0 fully saturated rings. The quantitative estimate of drug-likeness (QED) is 0.770. The van der Waals surface area contributed by atoms with Crippen molar-refractivity contribution in [2.75, 3.05) is 42.7 Å². The van der Waals surface area contributed by atoms with Gasteiger partial charge in [0.25, 0.3) is 0 Å². The first-order valence-electron chi connectivity index (χ1n) is 6.98. The molecular weight excluding hydrogens is 286 g/mol. The van der Waals surface area contributed by atoms with E-state index in [1.165, 1.54) is 0 Å². The molecule has 8 heteroatoms. The summed E-state index contributed by atoms with van der Waals surface area (Å²) in [6.07, 6.45) is 3.70. The van der Waals surface area contributed by atoms with Crippen LogP contribution in [0.3, 0.4) is 0 Å². The fourth-order valence-electron chi connectivity index (χ4n) is 1.62. The standard InChI is InChI=1S/C13H21N7S/c1-4-6-15-11-17-12(19-13(18-11)20(2)3)16-7-5-10-14-8-9-21-10/h8-9H,4-7H2,1-3H3,(H2,15,16,17,18,19). The minimum Gasteiger partial charge on any atom is -0.354 e. The lowest BCUT2D eigenvalue weighted by Gasteiger charge is -2.13. The number of anilines is 3. The van der Waals surface area contributed by atoms with Gasteiger partial charge in [-0.25, -0.2) is 4.98 Å². The van der Waals surface area contributed by atoms with Crippen molar-refractivity contribution < 1.29 is 0 Å². The van der Waals surface area contributed by atoms with Crippen LogP contribution in [0.25, 0.3) is 0 Å². The zero-order chi connectivity index (χ0) is 15.1. The Bertz CT molecular complexity index is 541. The van der Waals surface area contributed by atoms with E-state index in [2.05, 4.69) is 37.5 Å². The third-order valence-electron chi connectivity index (χ3n) is 2.66. The summed E-state index contributed by atoms with van der Waals surface area (Å²) < 4.78 is 0. The van der Waals surface area contributed by atoms with Gasteiger partial charge in [0, 0.05) is 45.2 Å². The van der Waals surface area contributed by atoms with Crippen LogP contribution in [0.2, 0.25) is 0 Å². The van der Waals surface area contributed by atoms with Crippen LogP contribution < -0.4 is 15.5 Å². The maximum absolute atomic E-state index is 4.40. The number of aromatic nitrogens is 4. The molecule has 0 radical (unpaired) electrons. The lowest BCUT2D eigenvalue weighted by molar-refractivity contribution is 0.903. The molecule has 0 aliphatic heterocycles. The fraction of sp³-hybridized carbons (Fsp3) is 0.538. The summed E-state index contributed by atoms with van der Waals surface area (Å²) in [6, 6.07) is 0. The van der Waals surface area contributed by atoms with Gasteiger partial charge in [0.05, 0.1) is 5.01 Å². The van der Waals surface area contributed by atoms with E-state index in [1.807, 2.05) is 30.6 Å². The van der Waals surface area contributed by atoms with Crippen molar-refractivity contribution in [1.82, 2.24) is 19.9 Å². The number of rotatable bonds is 8. The van der Waals surface area contributed by atoms with E-state index in [-0.39, 0.29) is 0 Å². The van der Waals surface area contributed by atoms with Crippen molar-refractivity contribution >= 4 is 29.2 Å². The molecule has 0 aliphatic carbocycles. The van der Waals surface area contributed by atoms with Crippen molar-refractivity contribution in [3.05, 3.63) is 16.6 Å². The molecule has 0 bridgehead atoms.